The van der Waals surface area contributed by atoms with Gasteiger partial charge in [-0.25, -0.2) is 24.5 Å². The number of amides is 5. The van der Waals surface area contributed by atoms with Gasteiger partial charge in [0.05, 0.1) is 24.2 Å². The summed E-state index contributed by atoms with van der Waals surface area (Å²) in [6.45, 7) is 8.06. The van der Waals surface area contributed by atoms with E-state index in [4.69, 9.17) is 4.74 Å². The highest BCUT2D eigenvalue weighted by atomic mass is 32.2. The van der Waals surface area contributed by atoms with E-state index in [1.807, 2.05) is 43.3 Å². The molecular formula is C42H61N9O6S. The molecule has 2 aliphatic rings. The van der Waals surface area contributed by atoms with Crippen molar-refractivity contribution in [2.45, 2.75) is 139 Å². The quantitative estimate of drug-likeness (QED) is 0.0808. The highest BCUT2D eigenvalue weighted by Crippen LogP contribution is 2.29. The number of nitrogens with one attached hydrogen (secondary N) is 5. The summed E-state index contributed by atoms with van der Waals surface area (Å²) >= 11 is 1.46. The minimum Gasteiger partial charge on any atom is -0.444 e. The van der Waals surface area contributed by atoms with Gasteiger partial charge in [0.2, 0.25) is 11.8 Å². The Morgan fingerprint density at radius 2 is 1.64 bits per heavy atom. The van der Waals surface area contributed by atoms with Crippen LogP contribution in [0.4, 0.5) is 9.59 Å². The van der Waals surface area contributed by atoms with E-state index in [9.17, 15) is 24.3 Å². The van der Waals surface area contributed by atoms with E-state index in [0.29, 0.717) is 61.3 Å². The Balaban J connectivity index is 1.27. The molecule has 16 heteroatoms. The molecule has 0 spiro atoms. The monoisotopic (exact) mass is 819 g/mol. The minimum absolute atomic E-state index is 0.0953. The molecule has 3 aromatic rings. The number of benzene rings is 1. The second-order valence-electron chi connectivity index (χ2n) is 16.5. The number of rotatable bonds is 17. The second kappa shape index (κ2) is 21.9. The van der Waals surface area contributed by atoms with Crippen molar-refractivity contribution in [1.29, 1.82) is 0 Å². The van der Waals surface area contributed by atoms with Crippen molar-refractivity contribution < 1.29 is 29.0 Å². The summed E-state index contributed by atoms with van der Waals surface area (Å²) in [6.07, 6.45) is 11.5. The number of aryl methyl sites for hydroxylation is 1. The molecule has 0 radical (unpaired) electrons. The molecule has 1 saturated heterocycles. The van der Waals surface area contributed by atoms with Gasteiger partial charge in [-0.05, 0) is 70.9 Å². The van der Waals surface area contributed by atoms with Gasteiger partial charge < -0.3 is 41.0 Å². The molecule has 6 N–H and O–H groups in total. The molecule has 316 valence electrons. The van der Waals surface area contributed by atoms with E-state index in [1.54, 1.807) is 38.1 Å². The predicted octanol–water partition coefficient (Wildman–Crippen LogP) is 4.84. The molecule has 2 aromatic heterocycles. The number of aromatic nitrogens is 4. The molecule has 1 aromatic carbocycles. The first-order valence-corrected chi connectivity index (χ1v) is 21.6. The Labute approximate surface area is 346 Å². The zero-order valence-electron chi connectivity index (χ0n) is 34.2. The molecule has 1 aliphatic carbocycles. The van der Waals surface area contributed by atoms with E-state index in [1.165, 1.54) is 24.5 Å². The maximum Gasteiger partial charge on any atom is 0.407 e. The fourth-order valence-corrected chi connectivity index (χ4v) is 8.32. The van der Waals surface area contributed by atoms with Crippen molar-refractivity contribution in [3.05, 3.63) is 72.1 Å². The molecule has 0 unspecified atom stereocenters. The number of aliphatic hydroxyl groups is 1. The number of thioether (sulfide) groups is 1. The zero-order valence-corrected chi connectivity index (χ0v) is 35.1. The van der Waals surface area contributed by atoms with Crippen molar-refractivity contribution in [2.75, 3.05) is 18.8 Å². The van der Waals surface area contributed by atoms with Crippen LogP contribution >= 0.6 is 11.8 Å². The number of H-pyrrole nitrogens is 1. The fourth-order valence-electron chi connectivity index (χ4n) is 7.44. The van der Waals surface area contributed by atoms with Crippen LogP contribution in [-0.2, 0) is 27.2 Å². The number of urea groups is 1. The number of aliphatic hydroxyl groups excluding tert-OH is 1. The van der Waals surface area contributed by atoms with Crippen molar-refractivity contribution >= 4 is 35.7 Å². The SMILES string of the molecule is Cc1ccnc(SCC[C@H](O)[C@H](CC2CCCCC2)NC(=O)[C@H](Cc2c[nH]cn2)NC(=O)[C@H](Cc2ccccc2)NC(=O)N2CCC(NC(=O)OC(C)(C)C)CC2)n1. The summed E-state index contributed by atoms with van der Waals surface area (Å²) in [5.41, 5.74) is 1.66. The molecule has 4 atom stereocenters. The highest BCUT2D eigenvalue weighted by molar-refractivity contribution is 7.99. The molecule has 5 amide bonds. The number of ether oxygens (including phenoxy) is 1. The van der Waals surface area contributed by atoms with Crippen LogP contribution in [0.25, 0.3) is 0 Å². The van der Waals surface area contributed by atoms with Gasteiger partial charge in [-0.3, -0.25) is 9.59 Å². The largest absolute Gasteiger partial charge is 0.444 e. The van der Waals surface area contributed by atoms with E-state index >= 15 is 0 Å². The highest BCUT2D eigenvalue weighted by Gasteiger charge is 2.33. The van der Waals surface area contributed by atoms with E-state index in [-0.39, 0.29) is 18.9 Å². The van der Waals surface area contributed by atoms with Gasteiger partial charge in [-0.1, -0.05) is 74.2 Å². The maximum atomic E-state index is 14.3. The lowest BCUT2D eigenvalue weighted by atomic mass is 9.83. The second-order valence-corrected chi connectivity index (χ2v) is 17.5. The predicted molar refractivity (Wildman–Crippen MR) is 222 cm³/mol. The van der Waals surface area contributed by atoms with Gasteiger partial charge in [0, 0.05) is 55.8 Å². The lowest BCUT2D eigenvalue weighted by Gasteiger charge is -2.34. The Hall–Kier alpha value is -4.70. The maximum absolute atomic E-state index is 14.3. The van der Waals surface area contributed by atoms with Crippen LogP contribution in [0.3, 0.4) is 0 Å². The van der Waals surface area contributed by atoms with Crippen molar-refractivity contribution in [2.24, 2.45) is 5.92 Å². The summed E-state index contributed by atoms with van der Waals surface area (Å²) in [6, 6.07) is 8.06. The van der Waals surface area contributed by atoms with Crippen molar-refractivity contribution in [3.8, 4) is 0 Å². The number of nitrogens with zero attached hydrogens (tertiary/aromatic N) is 4. The van der Waals surface area contributed by atoms with Gasteiger partial charge in [0.15, 0.2) is 5.16 Å². The Morgan fingerprint density at radius 1 is 0.931 bits per heavy atom. The van der Waals surface area contributed by atoms with Crippen LogP contribution in [0.5, 0.6) is 0 Å². The number of aromatic amines is 1. The average molecular weight is 820 g/mol. The standard InChI is InChI=1S/C42H61N9O6S/c1-28-15-19-44-39(46-28)58-22-18-36(52)33(23-29-11-7-5-8-12-29)48-38(54)35(25-32-26-43-27-45-32)49-37(53)34(24-30-13-9-6-10-14-30)50-40(55)51-20-16-31(17-21-51)47-41(56)57-42(2,3)4/h6,9-10,13-15,19,26-27,29,31,33-36,52H,5,7-8,11-12,16-18,20-25H2,1-4H3,(H,43,45)(H,47,56)(H,48,54)(H,49,53)(H,50,55)/t33-,34-,35-,36-/m0/s1. The van der Waals surface area contributed by atoms with Crippen molar-refractivity contribution in [1.82, 2.24) is 46.1 Å². The normalized spacial score (nSPS) is 17.4. The molecule has 15 nitrogen and oxygen atoms in total. The molecule has 58 heavy (non-hydrogen) atoms. The van der Waals surface area contributed by atoms with Crippen LogP contribution in [0.15, 0.2) is 60.3 Å². The fraction of sp³-hybridized carbons (Fsp3) is 0.595. The third-order valence-electron chi connectivity index (χ3n) is 10.5. The first-order chi connectivity index (χ1) is 27.8. The van der Waals surface area contributed by atoms with E-state index in [2.05, 4.69) is 41.2 Å². The third-order valence-corrected chi connectivity index (χ3v) is 11.4. The molecule has 3 heterocycles. The van der Waals surface area contributed by atoms with Gasteiger partial charge in [-0.15, -0.1) is 0 Å². The van der Waals surface area contributed by atoms with E-state index < -0.39 is 53.8 Å². The number of likely N-dealkylation sites (tertiary alicyclic amines) is 1. The first-order valence-electron chi connectivity index (χ1n) is 20.6. The van der Waals surface area contributed by atoms with Gasteiger partial charge in [0.1, 0.15) is 17.7 Å². The number of hydrogen-bond donors (Lipinski definition) is 6. The summed E-state index contributed by atoms with van der Waals surface area (Å²) in [5.74, 6) is -0.0264. The molecule has 1 saturated carbocycles. The number of carbonyl (C=O) groups excluding carboxylic acids is 4. The van der Waals surface area contributed by atoms with Crippen LogP contribution in [0, 0.1) is 12.8 Å². The van der Waals surface area contributed by atoms with Gasteiger partial charge in [-0.2, -0.15) is 0 Å². The lowest BCUT2D eigenvalue weighted by molar-refractivity contribution is -0.130. The summed E-state index contributed by atoms with van der Waals surface area (Å²) in [4.78, 5) is 72.2. The Morgan fingerprint density at radius 3 is 2.31 bits per heavy atom. The molecular weight excluding hydrogens is 759 g/mol. The Kier molecular flexibility index (Phi) is 16.8. The Bertz CT molecular complexity index is 1740. The third kappa shape index (κ3) is 14.9. The molecule has 5 rings (SSSR count). The van der Waals surface area contributed by atoms with E-state index in [0.717, 1.165) is 36.9 Å². The zero-order chi connectivity index (χ0) is 41.5. The molecule has 1 aliphatic heterocycles. The lowest BCUT2D eigenvalue weighted by Crippen LogP contribution is -2.59. The van der Waals surface area contributed by atoms with Gasteiger partial charge >= 0.3 is 12.1 Å². The minimum atomic E-state index is -1.04. The summed E-state index contributed by atoms with van der Waals surface area (Å²) in [7, 11) is 0. The topological polar surface area (TPSA) is 204 Å². The summed E-state index contributed by atoms with van der Waals surface area (Å²) in [5, 5.41) is 24.1. The van der Waals surface area contributed by atoms with Crippen LogP contribution in [-0.4, -0.2) is 109 Å². The number of carbonyl (C=O) groups is 4. The van der Waals surface area contributed by atoms with Crippen LogP contribution < -0.4 is 21.3 Å². The average Bonchev–Trinajstić information content (AvgIpc) is 3.70. The smallest absolute Gasteiger partial charge is 0.407 e. The summed E-state index contributed by atoms with van der Waals surface area (Å²) < 4.78 is 5.39. The number of alkyl carbamates (subject to hydrolysis) is 1. The first kappa shape index (κ1) is 44.4. The number of piperidine rings is 1. The van der Waals surface area contributed by atoms with Crippen LogP contribution in [0.2, 0.25) is 0 Å². The molecule has 2 fully saturated rings. The van der Waals surface area contributed by atoms with Gasteiger partial charge in [0.25, 0.3) is 0 Å². The number of imidazole rings is 1. The van der Waals surface area contributed by atoms with Crippen LogP contribution in [0.1, 0.15) is 95.5 Å². The molecule has 0 bridgehead atoms. The number of hydrogen-bond acceptors (Lipinski definition) is 10. The van der Waals surface area contributed by atoms with Crippen molar-refractivity contribution in [3.63, 3.8) is 0 Å².